The summed E-state index contributed by atoms with van der Waals surface area (Å²) in [7, 11) is 0. The lowest BCUT2D eigenvalue weighted by Gasteiger charge is -2.36. The maximum atomic E-state index is 12.7. The van der Waals surface area contributed by atoms with Crippen molar-refractivity contribution in [2.45, 2.75) is 13.0 Å². The molecule has 1 amide bonds. The predicted molar refractivity (Wildman–Crippen MR) is 110 cm³/mol. The van der Waals surface area contributed by atoms with E-state index in [2.05, 4.69) is 37.9 Å². The molecular weight excluding hydrogens is 420 g/mol. The van der Waals surface area contributed by atoms with Gasteiger partial charge in [0.2, 0.25) is 11.7 Å². The topological polar surface area (TPSA) is 62.5 Å². The summed E-state index contributed by atoms with van der Waals surface area (Å²) in [6.07, 6.45) is 0. The Labute approximate surface area is 172 Å². The zero-order chi connectivity index (χ0) is 19.5. The van der Waals surface area contributed by atoms with E-state index in [1.165, 1.54) is 0 Å². The van der Waals surface area contributed by atoms with Gasteiger partial charge >= 0.3 is 0 Å². The molecule has 1 aromatic heterocycles. The van der Waals surface area contributed by atoms with Crippen molar-refractivity contribution >= 4 is 21.8 Å². The fourth-order valence-electron chi connectivity index (χ4n) is 3.38. The van der Waals surface area contributed by atoms with E-state index >= 15 is 0 Å². The monoisotopic (exact) mass is 440 g/mol. The molecule has 1 aliphatic heterocycles. The van der Waals surface area contributed by atoms with E-state index in [0.717, 1.165) is 23.1 Å². The van der Waals surface area contributed by atoms with E-state index in [9.17, 15) is 4.79 Å². The highest BCUT2D eigenvalue weighted by Crippen LogP contribution is 2.24. The van der Waals surface area contributed by atoms with Crippen molar-refractivity contribution in [2.75, 3.05) is 26.2 Å². The van der Waals surface area contributed by atoms with Crippen molar-refractivity contribution in [1.29, 1.82) is 0 Å². The van der Waals surface area contributed by atoms with Crippen LogP contribution < -0.4 is 0 Å². The summed E-state index contributed by atoms with van der Waals surface area (Å²) in [5.74, 6) is 1.27. The number of amides is 1. The first-order valence-electron chi connectivity index (χ1n) is 9.30. The fourth-order valence-corrected chi connectivity index (χ4v) is 3.78. The molecule has 3 aromatic rings. The molecule has 1 saturated heterocycles. The average Bonchev–Trinajstić information content (AvgIpc) is 3.24. The number of piperazine rings is 1. The molecular formula is C21H21BrN4O2. The first kappa shape index (κ1) is 18.8. The van der Waals surface area contributed by atoms with Gasteiger partial charge in [-0.05, 0) is 25.1 Å². The summed E-state index contributed by atoms with van der Waals surface area (Å²) in [5, 5.41) is 4.11. The van der Waals surface area contributed by atoms with Crippen molar-refractivity contribution < 1.29 is 9.32 Å². The molecule has 2 heterocycles. The third-order valence-corrected chi connectivity index (χ3v) is 5.55. The minimum absolute atomic E-state index is 0.00749. The molecule has 144 valence electrons. The number of rotatable bonds is 4. The largest absolute Gasteiger partial charge is 0.337 e. The Morgan fingerprint density at radius 2 is 1.82 bits per heavy atom. The average molecular weight is 441 g/mol. The van der Waals surface area contributed by atoms with Crippen molar-refractivity contribution in [3.8, 4) is 11.4 Å². The van der Waals surface area contributed by atoms with Gasteiger partial charge in [-0.3, -0.25) is 9.69 Å². The molecule has 0 spiro atoms. The fraction of sp³-hybridized carbons (Fsp3) is 0.286. The van der Waals surface area contributed by atoms with Gasteiger partial charge in [0, 0.05) is 41.8 Å². The third-order valence-electron chi connectivity index (χ3n) is 5.05. The van der Waals surface area contributed by atoms with Crippen LogP contribution in [0, 0.1) is 0 Å². The highest BCUT2D eigenvalue weighted by atomic mass is 79.9. The first-order valence-corrected chi connectivity index (χ1v) is 10.1. The lowest BCUT2D eigenvalue weighted by atomic mass is 10.1. The molecule has 2 aromatic carbocycles. The normalized spacial score (nSPS) is 16.1. The molecule has 1 fully saturated rings. The number of nitrogens with zero attached hydrogens (tertiary/aromatic N) is 4. The minimum atomic E-state index is 0.00749. The van der Waals surface area contributed by atoms with Crippen LogP contribution in [0.5, 0.6) is 0 Å². The van der Waals surface area contributed by atoms with Gasteiger partial charge < -0.3 is 9.42 Å². The van der Waals surface area contributed by atoms with Crippen LogP contribution in [-0.2, 0) is 0 Å². The molecule has 1 unspecified atom stereocenters. The summed E-state index contributed by atoms with van der Waals surface area (Å²) in [6.45, 7) is 4.95. The Bertz CT molecular complexity index is 952. The van der Waals surface area contributed by atoms with Crippen LogP contribution in [0.4, 0.5) is 0 Å². The smallest absolute Gasteiger partial charge is 0.253 e. The molecule has 1 aliphatic rings. The molecule has 6 nitrogen and oxygen atoms in total. The molecule has 28 heavy (non-hydrogen) atoms. The van der Waals surface area contributed by atoms with Crippen molar-refractivity contribution in [1.82, 2.24) is 19.9 Å². The van der Waals surface area contributed by atoms with Gasteiger partial charge in [0.05, 0.1) is 6.04 Å². The molecule has 0 aliphatic carbocycles. The Kier molecular flexibility index (Phi) is 5.54. The number of carbonyl (C=O) groups is 1. The summed E-state index contributed by atoms with van der Waals surface area (Å²) < 4.78 is 6.42. The second-order valence-electron chi connectivity index (χ2n) is 6.84. The minimum Gasteiger partial charge on any atom is -0.337 e. The van der Waals surface area contributed by atoms with Gasteiger partial charge in [-0.15, -0.1) is 0 Å². The Balaban J connectivity index is 1.38. The van der Waals surface area contributed by atoms with Crippen LogP contribution in [0.15, 0.2) is 63.6 Å². The maximum absolute atomic E-state index is 12.7. The van der Waals surface area contributed by atoms with Crippen LogP contribution >= 0.6 is 15.9 Å². The van der Waals surface area contributed by atoms with Crippen molar-refractivity contribution in [3.63, 3.8) is 0 Å². The van der Waals surface area contributed by atoms with E-state index in [1.807, 2.05) is 59.5 Å². The zero-order valence-corrected chi connectivity index (χ0v) is 17.2. The highest BCUT2D eigenvalue weighted by Gasteiger charge is 2.28. The van der Waals surface area contributed by atoms with E-state index < -0.39 is 0 Å². The van der Waals surface area contributed by atoms with Gasteiger partial charge in [-0.1, -0.05) is 57.5 Å². The Morgan fingerprint density at radius 3 is 2.54 bits per heavy atom. The first-order chi connectivity index (χ1) is 13.6. The Morgan fingerprint density at radius 1 is 1.07 bits per heavy atom. The molecule has 0 N–H and O–H groups in total. The summed E-state index contributed by atoms with van der Waals surface area (Å²) in [5.41, 5.74) is 1.65. The van der Waals surface area contributed by atoms with Crippen LogP contribution in [0.1, 0.15) is 29.2 Å². The number of aromatic nitrogens is 2. The molecule has 1 atom stereocenters. The highest BCUT2D eigenvalue weighted by molar-refractivity contribution is 9.10. The SMILES string of the molecule is CC(c1nc(-c2ccccc2)no1)N1CCN(C(=O)c2cccc(Br)c2)CC1. The van der Waals surface area contributed by atoms with Gasteiger partial charge in [0.15, 0.2) is 0 Å². The Hall–Kier alpha value is -2.51. The number of hydrogen-bond acceptors (Lipinski definition) is 5. The summed E-state index contributed by atoms with van der Waals surface area (Å²) >= 11 is 3.43. The second-order valence-corrected chi connectivity index (χ2v) is 7.75. The quantitative estimate of drug-likeness (QED) is 0.612. The van der Waals surface area contributed by atoms with Crippen LogP contribution in [0.25, 0.3) is 11.4 Å². The van der Waals surface area contributed by atoms with Crippen molar-refractivity contribution in [2.24, 2.45) is 0 Å². The van der Waals surface area contributed by atoms with Crippen molar-refractivity contribution in [3.05, 3.63) is 70.5 Å². The van der Waals surface area contributed by atoms with Gasteiger partial charge in [0.25, 0.3) is 5.91 Å². The lowest BCUT2D eigenvalue weighted by molar-refractivity contribution is 0.0551. The molecule has 4 rings (SSSR count). The summed E-state index contributed by atoms with van der Waals surface area (Å²) in [6, 6.07) is 17.3. The van der Waals surface area contributed by atoms with Crippen LogP contribution in [-0.4, -0.2) is 52.0 Å². The van der Waals surface area contributed by atoms with Gasteiger partial charge in [-0.25, -0.2) is 0 Å². The predicted octanol–water partition coefficient (Wildman–Crippen LogP) is 4.02. The summed E-state index contributed by atoms with van der Waals surface area (Å²) in [4.78, 5) is 21.4. The molecule has 0 bridgehead atoms. The number of hydrogen-bond donors (Lipinski definition) is 0. The van der Waals surface area contributed by atoms with Gasteiger partial charge in [0.1, 0.15) is 0 Å². The van der Waals surface area contributed by atoms with Crippen LogP contribution in [0.3, 0.4) is 0 Å². The van der Waals surface area contributed by atoms with E-state index in [-0.39, 0.29) is 11.9 Å². The lowest BCUT2D eigenvalue weighted by Crippen LogP contribution is -2.49. The van der Waals surface area contributed by atoms with Crippen LogP contribution in [0.2, 0.25) is 0 Å². The zero-order valence-electron chi connectivity index (χ0n) is 15.6. The number of benzene rings is 2. The molecule has 0 saturated carbocycles. The van der Waals surface area contributed by atoms with E-state index in [0.29, 0.717) is 30.4 Å². The van der Waals surface area contributed by atoms with E-state index in [4.69, 9.17) is 4.52 Å². The number of carbonyl (C=O) groups excluding carboxylic acids is 1. The second kappa shape index (κ2) is 8.24. The standard InChI is InChI=1S/C21H21BrN4O2/c1-15(20-23-19(24-28-20)16-6-3-2-4-7-16)25-10-12-26(13-11-25)21(27)17-8-5-9-18(22)14-17/h2-9,14-15H,10-13H2,1H3. The van der Waals surface area contributed by atoms with Gasteiger partial charge in [-0.2, -0.15) is 4.98 Å². The number of halogens is 1. The van der Waals surface area contributed by atoms with E-state index in [1.54, 1.807) is 0 Å². The maximum Gasteiger partial charge on any atom is 0.253 e. The molecule has 7 heteroatoms. The third kappa shape index (κ3) is 4.00. The molecule has 0 radical (unpaired) electrons.